The van der Waals surface area contributed by atoms with Gasteiger partial charge in [-0.05, 0) is 55.2 Å². The normalized spacial score (nSPS) is 10.4. The number of pyridine rings is 1. The van der Waals surface area contributed by atoms with Crippen molar-refractivity contribution in [2.75, 3.05) is 12.4 Å². The number of hydrogen-bond donors (Lipinski definition) is 1. The standard InChI is InChI=1S/C16H20N2/c1-11-8-9-14(13(3)12(11)2)10-15-6-5-7-16(17-4)18-15/h5-9H,10H2,1-4H3,(H,17,18). The summed E-state index contributed by atoms with van der Waals surface area (Å²) < 4.78 is 0. The maximum absolute atomic E-state index is 4.57. The monoisotopic (exact) mass is 240 g/mol. The summed E-state index contributed by atoms with van der Waals surface area (Å²) in [6.45, 7) is 6.54. The Bertz CT molecular complexity index is 559. The molecule has 18 heavy (non-hydrogen) atoms. The Labute approximate surface area is 109 Å². The Hall–Kier alpha value is -1.83. The van der Waals surface area contributed by atoms with Gasteiger partial charge in [0.1, 0.15) is 5.82 Å². The molecule has 0 amide bonds. The number of aryl methyl sites for hydroxylation is 1. The fourth-order valence-corrected chi connectivity index (χ4v) is 2.12. The summed E-state index contributed by atoms with van der Waals surface area (Å²) in [6.07, 6.45) is 0.891. The summed E-state index contributed by atoms with van der Waals surface area (Å²) in [5, 5.41) is 3.08. The average Bonchev–Trinajstić information content (AvgIpc) is 2.40. The third-order valence-electron chi connectivity index (χ3n) is 3.60. The second-order valence-corrected chi connectivity index (χ2v) is 4.73. The molecule has 2 aromatic rings. The molecule has 0 aliphatic rings. The molecule has 94 valence electrons. The number of aromatic nitrogens is 1. The molecule has 0 aliphatic carbocycles. The molecule has 2 rings (SSSR count). The van der Waals surface area contributed by atoms with Gasteiger partial charge in [-0.15, -0.1) is 0 Å². The zero-order valence-electron chi connectivity index (χ0n) is 11.5. The first-order chi connectivity index (χ1) is 8.61. The van der Waals surface area contributed by atoms with Gasteiger partial charge in [-0.25, -0.2) is 4.98 Å². The van der Waals surface area contributed by atoms with Gasteiger partial charge in [-0.1, -0.05) is 18.2 Å². The Kier molecular flexibility index (Phi) is 3.66. The number of benzene rings is 1. The van der Waals surface area contributed by atoms with Gasteiger partial charge >= 0.3 is 0 Å². The number of nitrogens with one attached hydrogen (secondary N) is 1. The Morgan fingerprint density at radius 1 is 1.00 bits per heavy atom. The average molecular weight is 240 g/mol. The molecule has 2 nitrogen and oxygen atoms in total. The second kappa shape index (κ2) is 5.21. The molecular weight excluding hydrogens is 220 g/mol. The minimum Gasteiger partial charge on any atom is -0.373 e. The minimum atomic E-state index is 0.891. The van der Waals surface area contributed by atoms with Gasteiger partial charge in [0.05, 0.1) is 0 Å². The van der Waals surface area contributed by atoms with Crippen LogP contribution in [0.1, 0.15) is 27.9 Å². The highest BCUT2D eigenvalue weighted by Crippen LogP contribution is 2.19. The van der Waals surface area contributed by atoms with E-state index in [4.69, 9.17) is 0 Å². The summed E-state index contributed by atoms with van der Waals surface area (Å²) in [7, 11) is 1.90. The second-order valence-electron chi connectivity index (χ2n) is 4.73. The van der Waals surface area contributed by atoms with Gasteiger partial charge < -0.3 is 5.32 Å². The van der Waals surface area contributed by atoms with E-state index in [1.54, 1.807) is 0 Å². The summed E-state index contributed by atoms with van der Waals surface area (Å²) in [5.41, 5.74) is 6.59. The Morgan fingerprint density at radius 3 is 2.50 bits per heavy atom. The molecule has 0 bridgehead atoms. The molecule has 0 saturated heterocycles. The van der Waals surface area contributed by atoms with Gasteiger partial charge in [0.2, 0.25) is 0 Å². The molecular formula is C16H20N2. The third kappa shape index (κ3) is 2.53. The van der Waals surface area contributed by atoms with Crippen molar-refractivity contribution in [3.8, 4) is 0 Å². The molecule has 0 unspecified atom stereocenters. The molecule has 0 spiro atoms. The Balaban J connectivity index is 2.31. The van der Waals surface area contributed by atoms with Crippen molar-refractivity contribution in [1.29, 1.82) is 0 Å². The molecule has 2 heteroatoms. The molecule has 1 heterocycles. The van der Waals surface area contributed by atoms with E-state index in [-0.39, 0.29) is 0 Å². The first kappa shape index (κ1) is 12.6. The molecule has 0 atom stereocenters. The van der Waals surface area contributed by atoms with E-state index < -0.39 is 0 Å². The quantitative estimate of drug-likeness (QED) is 0.886. The van der Waals surface area contributed by atoms with Crippen LogP contribution in [0.2, 0.25) is 0 Å². The van der Waals surface area contributed by atoms with Crippen molar-refractivity contribution in [2.45, 2.75) is 27.2 Å². The van der Waals surface area contributed by atoms with Crippen molar-refractivity contribution in [2.24, 2.45) is 0 Å². The summed E-state index contributed by atoms with van der Waals surface area (Å²) >= 11 is 0. The van der Waals surface area contributed by atoms with Crippen LogP contribution in [-0.2, 0) is 6.42 Å². The van der Waals surface area contributed by atoms with E-state index in [1.807, 2.05) is 19.2 Å². The molecule has 1 aromatic carbocycles. The van der Waals surface area contributed by atoms with Crippen molar-refractivity contribution < 1.29 is 0 Å². The van der Waals surface area contributed by atoms with Gasteiger partial charge in [-0.3, -0.25) is 0 Å². The van der Waals surface area contributed by atoms with Crippen LogP contribution in [0.3, 0.4) is 0 Å². The lowest BCUT2D eigenvalue weighted by Gasteiger charge is -2.11. The predicted octanol–water partition coefficient (Wildman–Crippen LogP) is 3.64. The lowest BCUT2D eigenvalue weighted by molar-refractivity contribution is 1.05. The van der Waals surface area contributed by atoms with Crippen LogP contribution in [0.4, 0.5) is 5.82 Å². The van der Waals surface area contributed by atoms with Crippen LogP contribution >= 0.6 is 0 Å². The lowest BCUT2D eigenvalue weighted by Crippen LogP contribution is -2.00. The maximum atomic E-state index is 4.57. The molecule has 0 aliphatic heterocycles. The first-order valence-electron chi connectivity index (χ1n) is 6.31. The van der Waals surface area contributed by atoms with E-state index in [1.165, 1.54) is 22.3 Å². The van der Waals surface area contributed by atoms with Gasteiger partial charge in [0, 0.05) is 19.2 Å². The number of rotatable bonds is 3. The molecule has 0 fully saturated rings. The number of anilines is 1. The van der Waals surface area contributed by atoms with Gasteiger partial charge in [0.25, 0.3) is 0 Å². The molecule has 1 aromatic heterocycles. The maximum Gasteiger partial charge on any atom is 0.125 e. The van der Waals surface area contributed by atoms with E-state index >= 15 is 0 Å². The summed E-state index contributed by atoms with van der Waals surface area (Å²) in [5.74, 6) is 0.925. The fourth-order valence-electron chi connectivity index (χ4n) is 2.12. The summed E-state index contributed by atoms with van der Waals surface area (Å²) in [6, 6.07) is 10.5. The largest absolute Gasteiger partial charge is 0.373 e. The third-order valence-corrected chi connectivity index (χ3v) is 3.60. The topological polar surface area (TPSA) is 24.9 Å². The highest BCUT2D eigenvalue weighted by atomic mass is 15.0. The SMILES string of the molecule is CNc1cccc(Cc2ccc(C)c(C)c2C)n1. The molecule has 1 N–H and O–H groups in total. The van der Waals surface area contributed by atoms with E-state index in [2.05, 4.69) is 49.3 Å². The number of hydrogen-bond acceptors (Lipinski definition) is 2. The van der Waals surface area contributed by atoms with Crippen molar-refractivity contribution >= 4 is 5.82 Å². The van der Waals surface area contributed by atoms with Gasteiger partial charge in [-0.2, -0.15) is 0 Å². The zero-order chi connectivity index (χ0) is 13.1. The fraction of sp³-hybridized carbons (Fsp3) is 0.312. The summed E-state index contributed by atoms with van der Waals surface area (Å²) in [4.78, 5) is 4.57. The van der Waals surface area contributed by atoms with E-state index in [0.29, 0.717) is 0 Å². The smallest absolute Gasteiger partial charge is 0.125 e. The van der Waals surface area contributed by atoms with Crippen LogP contribution in [-0.4, -0.2) is 12.0 Å². The van der Waals surface area contributed by atoms with Crippen LogP contribution in [0.5, 0.6) is 0 Å². The van der Waals surface area contributed by atoms with Crippen LogP contribution < -0.4 is 5.32 Å². The van der Waals surface area contributed by atoms with E-state index in [0.717, 1.165) is 17.9 Å². The highest BCUT2D eigenvalue weighted by Gasteiger charge is 2.05. The first-order valence-corrected chi connectivity index (χ1v) is 6.31. The Morgan fingerprint density at radius 2 is 1.78 bits per heavy atom. The van der Waals surface area contributed by atoms with Crippen molar-refractivity contribution in [3.63, 3.8) is 0 Å². The van der Waals surface area contributed by atoms with Crippen molar-refractivity contribution in [3.05, 3.63) is 58.3 Å². The van der Waals surface area contributed by atoms with Crippen molar-refractivity contribution in [1.82, 2.24) is 4.98 Å². The van der Waals surface area contributed by atoms with Crippen LogP contribution in [0.25, 0.3) is 0 Å². The minimum absolute atomic E-state index is 0.891. The predicted molar refractivity (Wildman–Crippen MR) is 77.2 cm³/mol. The van der Waals surface area contributed by atoms with Gasteiger partial charge in [0.15, 0.2) is 0 Å². The number of nitrogens with zero attached hydrogens (tertiary/aromatic N) is 1. The molecule has 0 saturated carbocycles. The zero-order valence-corrected chi connectivity index (χ0v) is 11.5. The van der Waals surface area contributed by atoms with E-state index in [9.17, 15) is 0 Å². The van der Waals surface area contributed by atoms with Crippen LogP contribution in [0, 0.1) is 20.8 Å². The lowest BCUT2D eigenvalue weighted by atomic mass is 9.96. The highest BCUT2D eigenvalue weighted by molar-refractivity contribution is 5.41. The van der Waals surface area contributed by atoms with Crippen LogP contribution in [0.15, 0.2) is 30.3 Å². The molecule has 0 radical (unpaired) electrons.